The molecule has 0 spiro atoms. The molecule has 0 aliphatic heterocycles. The first kappa shape index (κ1) is 12.4. The van der Waals surface area contributed by atoms with Crippen molar-refractivity contribution in [3.8, 4) is 0 Å². The fourth-order valence-corrected chi connectivity index (χ4v) is 1.87. The van der Waals surface area contributed by atoms with Gasteiger partial charge in [-0.25, -0.2) is 8.78 Å². The molecule has 1 unspecified atom stereocenters. The Morgan fingerprint density at radius 2 is 2.33 bits per heavy atom. The van der Waals surface area contributed by atoms with Gasteiger partial charge in [0.1, 0.15) is 6.04 Å². The smallest absolute Gasteiger partial charge is 0.322 e. The van der Waals surface area contributed by atoms with E-state index in [0.29, 0.717) is 12.8 Å². The van der Waals surface area contributed by atoms with Gasteiger partial charge in [-0.3, -0.25) is 4.79 Å². The van der Waals surface area contributed by atoms with Gasteiger partial charge in [0.2, 0.25) is 5.92 Å². The highest BCUT2D eigenvalue weighted by atomic mass is 19.3. The molecule has 0 aromatic heterocycles. The Kier molecular flexibility index (Phi) is 4.02. The molecule has 0 bridgehead atoms. The molecule has 2 atom stereocenters. The van der Waals surface area contributed by atoms with Gasteiger partial charge < -0.3 is 10.1 Å². The quantitative estimate of drug-likeness (QED) is 0.734. The Morgan fingerprint density at radius 1 is 1.67 bits per heavy atom. The topological polar surface area (TPSA) is 38.3 Å². The van der Waals surface area contributed by atoms with Crippen molar-refractivity contribution in [2.75, 3.05) is 7.11 Å². The van der Waals surface area contributed by atoms with Crippen LogP contribution in [-0.4, -0.2) is 31.1 Å². The van der Waals surface area contributed by atoms with Crippen molar-refractivity contribution in [1.82, 2.24) is 5.32 Å². The van der Waals surface area contributed by atoms with Crippen LogP contribution in [0.25, 0.3) is 0 Å². The largest absolute Gasteiger partial charge is 0.468 e. The first-order valence-corrected chi connectivity index (χ1v) is 5.20. The molecule has 3 nitrogen and oxygen atoms in total. The van der Waals surface area contributed by atoms with Crippen LogP contribution in [0, 0.1) is 0 Å². The lowest BCUT2D eigenvalue weighted by Crippen LogP contribution is -2.43. The van der Waals surface area contributed by atoms with Crippen LogP contribution >= 0.6 is 0 Å². The highest BCUT2D eigenvalue weighted by Gasteiger charge is 2.40. The monoisotopic (exact) mass is 221 g/mol. The summed E-state index contributed by atoms with van der Waals surface area (Å²) in [4.78, 5) is 11.2. The average Bonchev–Trinajstić information content (AvgIpc) is 2.53. The van der Waals surface area contributed by atoms with Crippen LogP contribution in [0.5, 0.6) is 0 Å². The van der Waals surface area contributed by atoms with Crippen molar-refractivity contribution in [2.24, 2.45) is 0 Å². The summed E-state index contributed by atoms with van der Waals surface area (Å²) in [6.07, 6.45) is 0.692. The molecule has 0 radical (unpaired) electrons. The van der Waals surface area contributed by atoms with E-state index >= 15 is 0 Å². The van der Waals surface area contributed by atoms with E-state index < -0.39 is 12.0 Å². The van der Waals surface area contributed by atoms with Gasteiger partial charge in [0.15, 0.2) is 0 Å². The van der Waals surface area contributed by atoms with Crippen LogP contribution in [-0.2, 0) is 9.53 Å². The average molecular weight is 221 g/mol. The second kappa shape index (κ2) is 4.88. The van der Waals surface area contributed by atoms with Crippen molar-refractivity contribution < 1.29 is 18.3 Å². The van der Waals surface area contributed by atoms with Crippen molar-refractivity contribution in [2.45, 2.75) is 50.6 Å². The predicted octanol–water partition coefficient (Wildman–Crippen LogP) is 1.72. The molecular weight excluding hydrogens is 204 g/mol. The Bertz CT molecular complexity index is 233. The molecule has 1 rings (SSSR count). The zero-order valence-electron chi connectivity index (χ0n) is 9.06. The van der Waals surface area contributed by atoms with E-state index in [0.717, 1.165) is 0 Å². The maximum Gasteiger partial charge on any atom is 0.322 e. The van der Waals surface area contributed by atoms with Crippen LogP contribution in [0.3, 0.4) is 0 Å². The maximum absolute atomic E-state index is 12.9. The second-order valence-corrected chi connectivity index (χ2v) is 3.95. The van der Waals surface area contributed by atoms with Crippen molar-refractivity contribution >= 4 is 5.97 Å². The number of esters is 1. The Labute approximate surface area is 88.2 Å². The van der Waals surface area contributed by atoms with Gasteiger partial charge in [-0.2, -0.15) is 0 Å². The number of carbonyl (C=O) groups excluding carboxylic acids is 1. The zero-order chi connectivity index (χ0) is 11.5. The molecule has 1 saturated carbocycles. The van der Waals surface area contributed by atoms with Gasteiger partial charge in [0, 0.05) is 18.9 Å². The second-order valence-electron chi connectivity index (χ2n) is 3.95. The number of rotatable bonds is 4. The number of hydrogen-bond acceptors (Lipinski definition) is 3. The Hall–Kier alpha value is -0.710. The van der Waals surface area contributed by atoms with Crippen LogP contribution in [0.1, 0.15) is 32.6 Å². The van der Waals surface area contributed by atoms with E-state index in [9.17, 15) is 13.6 Å². The maximum atomic E-state index is 12.9. The highest BCUT2D eigenvalue weighted by molar-refractivity contribution is 5.75. The summed E-state index contributed by atoms with van der Waals surface area (Å²) >= 11 is 0. The molecule has 1 aliphatic carbocycles. The standard InChI is InChI=1S/C10H17F2NO2/c1-3-8(9(14)15-2)13-7-4-5-10(11,12)6-7/h7-8,13H,3-6H2,1-2H3/t7-,8?/m1/s1. The molecule has 88 valence electrons. The van der Waals surface area contributed by atoms with E-state index in [1.807, 2.05) is 6.92 Å². The molecule has 1 fully saturated rings. The third kappa shape index (κ3) is 3.41. The molecule has 1 N–H and O–H groups in total. The van der Waals surface area contributed by atoms with Gasteiger partial charge in [-0.1, -0.05) is 6.92 Å². The summed E-state index contributed by atoms with van der Waals surface area (Å²) in [6.45, 7) is 1.82. The van der Waals surface area contributed by atoms with Crippen LogP contribution in [0.15, 0.2) is 0 Å². The minimum atomic E-state index is -2.58. The van der Waals surface area contributed by atoms with Crippen molar-refractivity contribution in [3.63, 3.8) is 0 Å². The minimum Gasteiger partial charge on any atom is -0.468 e. The zero-order valence-corrected chi connectivity index (χ0v) is 9.06. The molecule has 0 saturated heterocycles. The summed E-state index contributed by atoms with van der Waals surface area (Å²) < 4.78 is 30.3. The Balaban J connectivity index is 2.43. The first-order chi connectivity index (χ1) is 6.98. The van der Waals surface area contributed by atoms with Gasteiger partial charge in [-0.05, 0) is 12.8 Å². The number of carbonyl (C=O) groups is 1. The number of alkyl halides is 2. The lowest BCUT2D eigenvalue weighted by atomic mass is 10.1. The third-order valence-electron chi connectivity index (χ3n) is 2.73. The van der Waals surface area contributed by atoms with Crippen molar-refractivity contribution in [3.05, 3.63) is 0 Å². The molecule has 0 aromatic carbocycles. The normalized spacial score (nSPS) is 26.3. The molecule has 0 amide bonds. The molecule has 15 heavy (non-hydrogen) atoms. The number of methoxy groups -OCH3 is 1. The van der Waals surface area contributed by atoms with E-state index in [2.05, 4.69) is 10.1 Å². The molecule has 0 heterocycles. The predicted molar refractivity (Wildman–Crippen MR) is 51.8 cm³/mol. The van der Waals surface area contributed by atoms with Crippen LogP contribution in [0.4, 0.5) is 8.78 Å². The van der Waals surface area contributed by atoms with E-state index in [1.54, 1.807) is 0 Å². The van der Waals surface area contributed by atoms with Gasteiger partial charge in [-0.15, -0.1) is 0 Å². The summed E-state index contributed by atoms with van der Waals surface area (Å²) in [5.41, 5.74) is 0. The summed E-state index contributed by atoms with van der Waals surface area (Å²) in [7, 11) is 1.30. The van der Waals surface area contributed by atoms with E-state index in [-0.39, 0.29) is 24.9 Å². The van der Waals surface area contributed by atoms with E-state index in [1.165, 1.54) is 7.11 Å². The highest BCUT2D eigenvalue weighted by Crippen LogP contribution is 2.34. The third-order valence-corrected chi connectivity index (χ3v) is 2.73. The van der Waals surface area contributed by atoms with Gasteiger partial charge in [0.05, 0.1) is 7.11 Å². The SMILES string of the molecule is CCC(N[C@@H]1CCC(F)(F)C1)C(=O)OC. The van der Waals surface area contributed by atoms with Crippen molar-refractivity contribution in [1.29, 1.82) is 0 Å². The lowest BCUT2D eigenvalue weighted by Gasteiger charge is -2.19. The molecular formula is C10H17F2NO2. The lowest BCUT2D eigenvalue weighted by molar-refractivity contribution is -0.143. The number of halogens is 2. The first-order valence-electron chi connectivity index (χ1n) is 5.20. The summed E-state index contributed by atoms with van der Waals surface area (Å²) in [5, 5.41) is 2.92. The number of nitrogens with one attached hydrogen (secondary N) is 1. The summed E-state index contributed by atoms with van der Waals surface area (Å²) in [5.74, 6) is -2.96. The number of ether oxygens (including phenoxy) is 1. The summed E-state index contributed by atoms with van der Waals surface area (Å²) in [6, 6.07) is -0.738. The van der Waals surface area contributed by atoms with E-state index in [4.69, 9.17) is 0 Å². The molecule has 5 heteroatoms. The van der Waals surface area contributed by atoms with Crippen LogP contribution in [0.2, 0.25) is 0 Å². The Morgan fingerprint density at radius 3 is 2.73 bits per heavy atom. The van der Waals surface area contributed by atoms with Gasteiger partial charge in [0.25, 0.3) is 0 Å². The molecule has 0 aromatic rings. The minimum absolute atomic E-state index is 0.0950. The van der Waals surface area contributed by atoms with Crippen LogP contribution < -0.4 is 5.32 Å². The fraction of sp³-hybridized carbons (Fsp3) is 0.900. The van der Waals surface area contributed by atoms with Gasteiger partial charge >= 0.3 is 5.97 Å². The fourth-order valence-electron chi connectivity index (χ4n) is 1.87. The molecule has 1 aliphatic rings. The number of hydrogen-bond donors (Lipinski definition) is 1.